The predicted octanol–water partition coefficient (Wildman–Crippen LogP) is 1.22. The molecule has 0 amide bonds. The van der Waals surface area contributed by atoms with Crippen LogP contribution in [-0.4, -0.2) is 37.3 Å². The summed E-state index contributed by atoms with van der Waals surface area (Å²) in [6.07, 6.45) is -2.36. The fourth-order valence-electron chi connectivity index (χ4n) is 1.75. The van der Waals surface area contributed by atoms with Crippen LogP contribution < -0.4 is 5.73 Å². The molecule has 0 heterocycles. The van der Waals surface area contributed by atoms with Crippen LogP contribution in [0.5, 0.6) is 0 Å². The first kappa shape index (κ1) is 10.8. The molecular formula is C8H15F3N2. The van der Waals surface area contributed by atoms with Gasteiger partial charge in [0.1, 0.15) is 0 Å². The van der Waals surface area contributed by atoms with E-state index in [-0.39, 0.29) is 6.04 Å². The molecular weight excluding hydrogens is 181 g/mol. The molecule has 0 aromatic carbocycles. The van der Waals surface area contributed by atoms with Crippen molar-refractivity contribution in [1.29, 1.82) is 0 Å². The zero-order valence-corrected chi connectivity index (χ0v) is 7.64. The number of nitrogens with zero attached hydrogens (tertiary/aromatic N) is 1. The van der Waals surface area contributed by atoms with Gasteiger partial charge in [-0.15, -0.1) is 0 Å². The van der Waals surface area contributed by atoms with Gasteiger partial charge in [-0.1, -0.05) is 0 Å². The Hall–Kier alpha value is -0.290. The molecule has 0 spiro atoms. The molecule has 0 aromatic rings. The van der Waals surface area contributed by atoms with E-state index < -0.39 is 12.7 Å². The van der Waals surface area contributed by atoms with Gasteiger partial charge >= 0.3 is 6.18 Å². The fraction of sp³-hybridized carbons (Fsp3) is 1.00. The van der Waals surface area contributed by atoms with Crippen molar-refractivity contribution in [3.05, 3.63) is 0 Å². The van der Waals surface area contributed by atoms with E-state index in [1.54, 1.807) is 0 Å². The molecule has 78 valence electrons. The van der Waals surface area contributed by atoms with Crippen molar-refractivity contribution in [1.82, 2.24) is 4.90 Å². The van der Waals surface area contributed by atoms with Crippen molar-refractivity contribution in [2.24, 2.45) is 11.7 Å². The molecule has 0 atom stereocenters. The summed E-state index contributed by atoms with van der Waals surface area (Å²) in [5, 5.41) is 0. The highest BCUT2D eigenvalue weighted by molar-refractivity contribution is 4.83. The first-order valence-electron chi connectivity index (χ1n) is 4.37. The van der Waals surface area contributed by atoms with Crippen LogP contribution in [0, 0.1) is 5.92 Å². The Labute approximate surface area is 75.9 Å². The highest BCUT2D eigenvalue weighted by atomic mass is 19.4. The number of rotatable bonds is 3. The second-order valence-electron chi connectivity index (χ2n) is 3.91. The molecule has 0 bridgehead atoms. The van der Waals surface area contributed by atoms with Gasteiger partial charge in [-0.2, -0.15) is 13.2 Å². The Morgan fingerprint density at radius 1 is 1.38 bits per heavy atom. The van der Waals surface area contributed by atoms with Crippen LogP contribution in [0.25, 0.3) is 0 Å². The summed E-state index contributed by atoms with van der Waals surface area (Å²) in [5.41, 5.74) is 5.53. The molecule has 5 heteroatoms. The molecule has 1 fully saturated rings. The molecule has 0 radical (unpaired) electrons. The van der Waals surface area contributed by atoms with Crippen LogP contribution >= 0.6 is 0 Å². The van der Waals surface area contributed by atoms with Crippen LogP contribution in [0.4, 0.5) is 13.2 Å². The van der Waals surface area contributed by atoms with Gasteiger partial charge in [0.05, 0.1) is 6.54 Å². The van der Waals surface area contributed by atoms with E-state index >= 15 is 0 Å². The maximum Gasteiger partial charge on any atom is 0.401 e. The minimum atomic E-state index is -4.08. The normalized spacial score (nSPS) is 29.1. The maximum absolute atomic E-state index is 11.9. The number of halogens is 3. The molecule has 1 rings (SSSR count). The minimum Gasteiger partial charge on any atom is -0.328 e. The molecule has 0 unspecified atom stereocenters. The molecule has 1 saturated carbocycles. The average Bonchev–Trinajstić information content (AvgIpc) is 1.79. The first-order valence-corrected chi connectivity index (χ1v) is 4.37. The topological polar surface area (TPSA) is 29.3 Å². The van der Waals surface area contributed by atoms with Crippen LogP contribution in [-0.2, 0) is 0 Å². The second kappa shape index (κ2) is 3.84. The van der Waals surface area contributed by atoms with Gasteiger partial charge in [0, 0.05) is 12.6 Å². The lowest BCUT2D eigenvalue weighted by Gasteiger charge is -2.35. The minimum absolute atomic E-state index is 0.212. The van der Waals surface area contributed by atoms with Crippen molar-refractivity contribution >= 4 is 0 Å². The highest BCUT2D eigenvalue weighted by Gasteiger charge is 2.32. The molecule has 2 nitrogen and oxygen atoms in total. The van der Waals surface area contributed by atoms with Gasteiger partial charge < -0.3 is 5.73 Å². The third-order valence-corrected chi connectivity index (χ3v) is 2.29. The second-order valence-corrected chi connectivity index (χ2v) is 3.91. The molecule has 2 N–H and O–H groups in total. The van der Waals surface area contributed by atoms with Gasteiger partial charge in [-0.25, -0.2) is 0 Å². The predicted molar refractivity (Wildman–Crippen MR) is 44.3 cm³/mol. The fourth-order valence-corrected chi connectivity index (χ4v) is 1.75. The number of hydrogen-bond acceptors (Lipinski definition) is 2. The van der Waals surface area contributed by atoms with Crippen LogP contribution in [0.3, 0.4) is 0 Å². The quantitative estimate of drug-likeness (QED) is 0.735. The van der Waals surface area contributed by atoms with Crippen LogP contribution in [0.2, 0.25) is 0 Å². The third-order valence-electron chi connectivity index (χ3n) is 2.29. The molecule has 1 aliphatic rings. The molecule has 0 aromatic heterocycles. The summed E-state index contributed by atoms with van der Waals surface area (Å²) in [7, 11) is 1.50. The van der Waals surface area contributed by atoms with Crippen molar-refractivity contribution in [2.45, 2.75) is 25.1 Å². The lowest BCUT2D eigenvalue weighted by Crippen LogP contribution is -2.43. The number of nitrogens with two attached hydrogens (primary N) is 1. The van der Waals surface area contributed by atoms with Crippen LogP contribution in [0.1, 0.15) is 12.8 Å². The maximum atomic E-state index is 11.9. The Morgan fingerprint density at radius 3 is 2.31 bits per heavy atom. The lowest BCUT2D eigenvalue weighted by molar-refractivity contribution is -0.144. The summed E-state index contributed by atoms with van der Waals surface area (Å²) < 4.78 is 35.7. The first-order chi connectivity index (χ1) is 5.87. The van der Waals surface area contributed by atoms with Crippen molar-refractivity contribution in [3.8, 4) is 0 Å². The highest BCUT2D eigenvalue weighted by Crippen LogP contribution is 2.27. The van der Waals surface area contributed by atoms with Gasteiger partial charge in [-0.3, -0.25) is 4.90 Å². The average molecular weight is 196 g/mol. The molecule has 0 aliphatic heterocycles. The Morgan fingerprint density at radius 2 is 1.92 bits per heavy atom. The number of alkyl halides is 3. The lowest BCUT2D eigenvalue weighted by atomic mass is 9.81. The standard InChI is InChI=1S/C8H15F3N2/c1-13(5-8(9,10)11)4-6-2-7(12)3-6/h6-7H,2-5,12H2,1H3. The Balaban J connectivity index is 2.15. The van der Waals surface area contributed by atoms with E-state index in [0.717, 1.165) is 12.8 Å². The zero-order valence-electron chi connectivity index (χ0n) is 7.64. The van der Waals surface area contributed by atoms with Gasteiger partial charge in [0.15, 0.2) is 0 Å². The van der Waals surface area contributed by atoms with Crippen molar-refractivity contribution in [3.63, 3.8) is 0 Å². The van der Waals surface area contributed by atoms with E-state index in [4.69, 9.17) is 5.73 Å². The van der Waals surface area contributed by atoms with Crippen molar-refractivity contribution in [2.75, 3.05) is 20.1 Å². The summed E-state index contributed by atoms with van der Waals surface area (Å²) in [4.78, 5) is 1.32. The van der Waals surface area contributed by atoms with E-state index in [2.05, 4.69) is 0 Å². The van der Waals surface area contributed by atoms with E-state index in [0.29, 0.717) is 12.5 Å². The van der Waals surface area contributed by atoms with E-state index in [1.165, 1.54) is 11.9 Å². The van der Waals surface area contributed by atoms with E-state index in [1.807, 2.05) is 0 Å². The third kappa shape index (κ3) is 3.95. The summed E-state index contributed by atoms with van der Waals surface area (Å²) in [6.45, 7) is -0.314. The summed E-state index contributed by atoms with van der Waals surface area (Å²) in [5.74, 6) is 0.363. The monoisotopic (exact) mass is 196 g/mol. The number of hydrogen-bond donors (Lipinski definition) is 1. The summed E-state index contributed by atoms with van der Waals surface area (Å²) in [6, 6.07) is 0.212. The van der Waals surface area contributed by atoms with Gasteiger partial charge in [0.2, 0.25) is 0 Å². The molecule has 13 heavy (non-hydrogen) atoms. The SMILES string of the molecule is CN(CC1CC(N)C1)CC(F)(F)F. The largest absolute Gasteiger partial charge is 0.401 e. The van der Waals surface area contributed by atoms with Crippen molar-refractivity contribution < 1.29 is 13.2 Å². The Kier molecular flexibility index (Phi) is 3.18. The van der Waals surface area contributed by atoms with Crippen LogP contribution in [0.15, 0.2) is 0 Å². The van der Waals surface area contributed by atoms with Gasteiger partial charge in [-0.05, 0) is 25.8 Å². The molecule has 0 saturated heterocycles. The summed E-state index contributed by atoms with van der Waals surface area (Å²) >= 11 is 0. The van der Waals surface area contributed by atoms with E-state index in [9.17, 15) is 13.2 Å². The zero-order chi connectivity index (χ0) is 10.1. The molecule has 1 aliphatic carbocycles. The van der Waals surface area contributed by atoms with Gasteiger partial charge in [0.25, 0.3) is 0 Å². The smallest absolute Gasteiger partial charge is 0.328 e. The Bertz CT molecular complexity index is 163.